The number of halogens is 1. The summed E-state index contributed by atoms with van der Waals surface area (Å²) in [5.41, 5.74) is 2.73. The van der Waals surface area contributed by atoms with Crippen LogP contribution < -0.4 is 0 Å². The Kier molecular flexibility index (Phi) is 4.32. The SMILES string of the molecule is C[C@]12CCc3nc(-c4ccccc4Cl)sc3[C@@H]1CC[C@@H]1[C@@H]2CC[C@]2(C)C(=O)CC[C@@H]12. The van der Waals surface area contributed by atoms with Crippen molar-refractivity contribution >= 4 is 28.7 Å². The maximum absolute atomic E-state index is 12.7. The predicted molar refractivity (Wildman–Crippen MR) is 123 cm³/mol. The normalized spacial score (nSPS) is 39.8. The van der Waals surface area contributed by atoms with E-state index in [1.165, 1.54) is 36.3 Å². The molecule has 0 saturated heterocycles. The van der Waals surface area contributed by atoms with Crippen molar-refractivity contribution in [2.24, 2.45) is 28.6 Å². The molecule has 0 spiro atoms. The van der Waals surface area contributed by atoms with Crippen molar-refractivity contribution in [2.45, 2.75) is 71.1 Å². The smallest absolute Gasteiger partial charge is 0.139 e. The summed E-state index contributed by atoms with van der Waals surface area (Å²) < 4.78 is 0. The minimum absolute atomic E-state index is 0.0219. The lowest BCUT2D eigenvalue weighted by molar-refractivity contribution is -0.134. The standard InChI is InChI=1S/C26H30ClNOS/c1-25-14-12-21-23(30-24(28-21)16-5-3-4-6-20(16)27)19(25)8-7-15-17-9-10-22(29)26(17,2)13-11-18(15)25/h3-6,15,17-19H,7-14H2,1-2H3/t15-,17-,18-,19-,25+,26-/m0/s1. The molecule has 4 aliphatic carbocycles. The summed E-state index contributed by atoms with van der Waals surface area (Å²) in [5.74, 6) is 3.31. The Balaban J connectivity index is 1.36. The predicted octanol–water partition coefficient (Wildman–Crippen LogP) is 7.31. The van der Waals surface area contributed by atoms with Gasteiger partial charge in [0.05, 0.1) is 10.7 Å². The molecule has 1 aromatic carbocycles. The number of ketones is 1. The summed E-state index contributed by atoms with van der Waals surface area (Å²) in [4.78, 5) is 19.3. The van der Waals surface area contributed by atoms with Crippen LogP contribution >= 0.6 is 22.9 Å². The van der Waals surface area contributed by atoms with E-state index in [1.54, 1.807) is 0 Å². The van der Waals surface area contributed by atoms with Crippen molar-refractivity contribution in [3.8, 4) is 10.6 Å². The van der Waals surface area contributed by atoms with Gasteiger partial charge >= 0.3 is 0 Å². The van der Waals surface area contributed by atoms with Gasteiger partial charge in [-0.3, -0.25) is 4.79 Å². The molecule has 2 aromatic rings. The molecular weight excluding hydrogens is 410 g/mol. The number of aromatic nitrogens is 1. The average Bonchev–Trinajstić information content (AvgIpc) is 3.29. The number of Topliss-reactive ketones (excluding diaryl/α,β-unsaturated/α-hetero) is 1. The molecule has 1 heterocycles. The van der Waals surface area contributed by atoms with Gasteiger partial charge in [0.2, 0.25) is 0 Å². The fourth-order valence-corrected chi connectivity index (χ4v) is 9.70. The van der Waals surface area contributed by atoms with Gasteiger partial charge < -0.3 is 0 Å². The Bertz CT molecular complexity index is 1030. The number of nitrogens with zero attached hydrogens (tertiary/aromatic N) is 1. The maximum Gasteiger partial charge on any atom is 0.139 e. The lowest BCUT2D eigenvalue weighted by Crippen LogP contribution is -2.52. The van der Waals surface area contributed by atoms with E-state index in [0.29, 0.717) is 23.0 Å². The molecule has 0 amide bonds. The molecule has 3 saturated carbocycles. The first kappa shape index (κ1) is 19.5. The highest BCUT2D eigenvalue weighted by atomic mass is 35.5. The van der Waals surface area contributed by atoms with Gasteiger partial charge in [-0.15, -0.1) is 11.3 Å². The van der Waals surface area contributed by atoms with Gasteiger partial charge in [0.1, 0.15) is 10.8 Å². The fourth-order valence-electron chi connectivity index (χ4n) is 7.97. The molecule has 4 aliphatic rings. The third-order valence-corrected chi connectivity index (χ3v) is 11.2. The van der Waals surface area contributed by atoms with Crippen LogP contribution in [0.25, 0.3) is 10.6 Å². The molecule has 4 heteroatoms. The van der Waals surface area contributed by atoms with E-state index in [9.17, 15) is 4.79 Å². The molecule has 1 aromatic heterocycles. The van der Waals surface area contributed by atoms with Crippen molar-refractivity contribution in [3.05, 3.63) is 39.9 Å². The zero-order chi connectivity index (χ0) is 20.7. The quantitative estimate of drug-likeness (QED) is 0.466. The maximum atomic E-state index is 12.7. The van der Waals surface area contributed by atoms with Gasteiger partial charge in [0.15, 0.2) is 0 Å². The Labute approximate surface area is 188 Å². The number of hydrogen-bond donors (Lipinski definition) is 0. The van der Waals surface area contributed by atoms with E-state index < -0.39 is 0 Å². The number of hydrogen-bond acceptors (Lipinski definition) is 3. The van der Waals surface area contributed by atoms with Crippen LogP contribution in [0.1, 0.15) is 75.3 Å². The Morgan fingerprint density at radius 1 is 1.03 bits per heavy atom. The molecule has 2 nitrogen and oxygen atoms in total. The third-order valence-electron chi connectivity index (χ3n) is 9.63. The molecule has 30 heavy (non-hydrogen) atoms. The lowest BCUT2D eigenvalue weighted by Gasteiger charge is -2.59. The summed E-state index contributed by atoms with van der Waals surface area (Å²) >= 11 is 8.39. The summed E-state index contributed by atoms with van der Waals surface area (Å²) in [5, 5.41) is 1.89. The Morgan fingerprint density at radius 2 is 1.87 bits per heavy atom. The Hall–Kier alpha value is -1.19. The third kappa shape index (κ3) is 2.54. The second-order valence-electron chi connectivity index (χ2n) is 10.7. The Morgan fingerprint density at radius 3 is 2.70 bits per heavy atom. The molecule has 6 atom stereocenters. The van der Waals surface area contributed by atoms with Crippen molar-refractivity contribution < 1.29 is 4.79 Å². The second kappa shape index (κ2) is 6.65. The second-order valence-corrected chi connectivity index (χ2v) is 12.2. The molecule has 158 valence electrons. The average molecular weight is 440 g/mol. The molecule has 3 fully saturated rings. The molecule has 6 rings (SSSR count). The van der Waals surface area contributed by atoms with Gasteiger partial charge in [-0.2, -0.15) is 0 Å². The van der Waals surface area contributed by atoms with Gasteiger partial charge in [-0.25, -0.2) is 4.98 Å². The van der Waals surface area contributed by atoms with E-state index in [1.807, 2.05) is 23.5 Å². The summed E-state index contributed by atoms with van der Waals surface area (Å²) in [7, 11) is 0. The first-order valence-electron chi connectivity index (χ1n) is 11.7. The molecule has 0 radical (unpaired) electrons. The van der Waals surface area contributed by atoms with Gasteiger partial charge in [0.25, 0.3) is 0 Å². The van der Waals surface area contributed by atoms with Gasteiger partial charge in [-0.05, 0) is 74.2 Å². The molecule has 0 aliphatic heterocycles. The first-order chi connectivity index (χ1) is 14.4. The van der Waals surface area contributed by atoms with Crippen molar-refractivity contribution in [3.63, 3.8) is 0 Å². The highest BCUT2D eigenvalue weighted by Gasteiger charge is 2.60. The lowest BCUT2D eigenvalue weighted by atomic mass is 9.46. The van der Waals surface area contributed by atoms with Crippen LogP contribution in [-0.2, 0) is 11.2 Å². The topological polar surface area (TPSA) is 30.0 Å². The van der Waals surface area contributed by atoms with Gasteiger partial charge in [-0.1, -0.05) is 43.6 Å². The fraction of sp³-hybridized carbons (Fsp3) is 0.615. The van der Waals surface area contributed by atoms with Crippen LogP contribution in [0.3, 0.4) is 0 Å². The largest absolute Gasteiger partial charge is 0.299 e. The van der Waals surface area contributed by atoms with Gasteiger partial charge in [0, 0.05) is 28.2 Å². The number of carbonyl (C=O) groups excluding carboxylic acids is 1. The monoisotopic (exact) mass is 439 g/mol. The number of aryl methyl sites for hydroxylation is 1. The van der Waals surface area contributed by atoms with E-state index in [4.69, 9.17) is 16.6 Å². The molecular formula is C26H30ClNOS. The van der Waals surface area contributed by atoms with Crippen LogP contribution in [0.4, 0.5) is 0 Å². The van der Waals surface area contributed by atoms with Crippen LogP contribution in [0, 0.1) is 28.6 Å². The number of rotatable bonds is 1. The minimum atomic E-state index is -0.0219. The number of carbonyl (C=O) groups is 1. The summed E-state index contributed by atoms with van der Waals surface area (Å²) in [6.07, 6.45) is 9.20. The number of thiazole rings is 1. The van der Waals surface area contributed by atoms with Crippen molar-refractivity contribution in [1.29, 1.82) is 0 Å². The number of fused-ring (bicyclic) bond motifs is 7. The molecule has 0 N–H and O–H groups in total. The summed E-state index contributed by atoms with van der Waals surface area (Å²) in [6, 6.07) is 8.11. The zero-order valence-electron chi connectivity index (χ0n) is 17.9. The molecule has 0 unspecified atom stereocenters. The zero-order valence-corrected chi connectivity index (χ0v) is 19.5. The summed E-state index contributed by atoms with van der Waals surface area (Å²) in [6.45, 7) is 4.86. The van der Waals surface area contributed by atoms with E-state index >= 15 is 0 Å². The van der Waals surface area contributed by atoms with Crippen molar-refractivity contribution in [2.75, 3.05) is 0 Å². The van der Waals surface area contributed by atoms with Crippen LogP contribution in [0.2, 0.25) is 5.02 Å². The van der Waals surface area contributed by atoms with E-state index in [0.717, 1.165) is 53.1 Å². The van der Waals surface area contributed by atoms with Crippen molar-refractivity contribution in [1.82, 2.24) is 4.98 Å². The van der Waals surface area contributed by atoms with Crippen LogP contribution in [0.15, 0.2) is 24.3 Å². The van der Waals surface area contributed by atoms with Crippen LogP contribution in [0.5, 0.6) is 0 Å². The highest BCUT2D eigenvalue weighted by molar-refractivity contribution is 7.15. The first-order valence-corrected chi connectivity index (χ1v) is 12.9. The number of benzene rings is 1. The highest BCUT2D eigenvalue weighted by Crippen LogP contribution is 2.67. The molecule has 0 bridgehead atoms. The minimum Gasteiger partial charge on any atom is -0.299 e. The van der Waals surface area contributed by atoms with E-state index in [2.05, 4.69) is 26.0 Å². The van der Waals surface area contributed by atoms with Crippen LogP contribution in [-0.4, -0.2) is 10.8 Å². The van der Waals surface area contributed by atoms with E-state index in [-0.39, 0.29) is 5.41 Å².